The molecule has 1 rings (SSSR count). The fourth-order valence-electron chi connectivity index (χ4n) is 2.08. The summed E-state index contributed by atoms with van der Waals surface area (Å²) in [4.78, 5) is 11.2. The van der Waals surface area contributed by atoms with Crippen LogP contribution in [0.5, 0.6) is 0 Å². The molecule has 102 valence electrons. The molecule has 18 heavy (non-hydrogen) atoms. The van der Waals surface area contributed by atoms with Crippen LogP contribution in [0.25, 0.3) is 0 Å². The molecule has 0 aromatic rings. The predicted octanol–water partition coefficient (Wildman–Crippen LogP) is 0.695. The van der Waals surface area contributed by atoms with Crippen molar-refractivity contribution >= 4 is 16.0 Å². The third-order valence-corrected chi connectivity index (χ3v) is 4.20. The summed E-state index contributed by atoms with van der Waals surface area (Å²) in [7, 11) is -3.82. The normalized spacial score (nSPS) is 18.9. The van der Waals surface area contributed by atoms with Gasteiger partial charge in [0.2, 0.25) is 10.0 Å². The van der Waals surface area contributed by atoms with Gasteiger partial charge in [0, 0.05) is 0 Å². The summed E-state index contributed by atoms with van der Waals surface area (Å²) < 4.78 is 30.5. The number of sulfonamides is 1. The highest BCUT2D eigenvalue weighted by molar-refractivity contribution is 7.90. The van der Waals surface area contributed by atoms with Crippen LogP contribution in [0, 0.1) is 11.3 Å². The lowest BCUT2D eigenvalue weighted by Crippen LogP contribution is -2.50. The topological polar surface area (TPSA) is 96.3 Å². The molecule has 1 N–H and O–H groups in total. The fraction of sp³-hybridized carbons (Fsp3) is 0.818. The number of hydrogen-bond acceptors (Lipinski definition) is 5. The zero-order valence-corrected chi connectivity index (χ0v) is 11.3. The zero-order valence-electron chi connectivity index (χ0n) is 10.4. The molecular formula is C11H18N2O4S. The van der Waals surface area contributed by atoms with Crippen LogP contribution >= 0.6 is 0 Å². The van der Waals surface area contributed by atoms with E-state index < -0.39 is 27.3 Å². The summed E-state index contributed by atoms with van der Waals surface area (Å²) in [6.07, 6.45) is 3.62. The van der Waals surface area contributed by atoms with Crippen molar-refractivity contribution in [1.29, 1.82) is 5.26 Å². The van der Waals surface area contributed by atoms with Gasteiger partial charge in [-0.25, -0.2) is 8.42 Å². The van der Waals surface area contributed by atoms with Crippen molar-refractivity contribution in [3.8, 4) is 6.07 Å². The minimum atomic E-state index is -3.82. The molecule has 0 atom stereocenters. The summed E-state index contributed by atoms with van der Waals surface area (Å²) in [5.74, 6) is -1.53. The molecule has 1 aliphatic rings. The second kappa shape index (κ2) is 6.16. The molecule has 1 fully saturated rings. The van der Waals surface area contributed by atoms with E-state index in [1.165, 1.54) is 0 Å². The molecule has 0 unspecified atom stereocenters. The maximum atomic E-state index is 11.8. The molecule has 0 spiro atoms. The Hall–Kier alpha value is -1.13. The van der Waals surface area contributed by atoms with Gasteiger partial charge in [-0.1, -0.05) is 19.3 Å². The Bertz CT molecular complexity index is 432. The van der Waals surface area contributed by atoms with E-state index in [0.29, 0.717) is 12.8 Å². The molecule has 1 saturated carbocycles. The Morgan fingerprint density at radius 3 is 2.50 bits per heavy atom. The highest BCUT2D eigenvalue weighted by Gasteiger charge is 2.36. The fourth-order valence-corrected chi connectivity index (χ4v) is 3.39. The average Bonchev–Trinajstić information content (AvgIpc) is 2.29. The van der Waals surface area contributed by atoms with Gasteiger partial charge in [0.25, 0.3) is 0 Å². The van der Waals surface area contributed by atoms with E-state index in [9.17, 15) is 13.2 Å². The summed E-state index contributed by atoms with van der Waals surface area (Å²) >= 11 is 0. The Balaban J connectivity index is 2.69. The van der Waals surface area contributed by atoms with E-state index in [1.807, 2.05) is 6.07 Å². The molecule has 0 heterocycles. The number of nitriles is 1. The van der Waals surface area contributed by atoms with Gasteiger partial charge in [0.05, 0.1) is 12.7 Å². The van der Waals surface area contributed by atoms with Gasteiger partial charge >= 0.3 is 5.97 Å². The van der Waals surface area contributed by atoms with Crippen LogP contribution in [-0.2, 0) is 19.6 Å². The van der Waals surface area contributed by atoms with E-state index in [1.54, 1.807) is 6.92 Å². The third kappa shape index (κ3) is 4.27. The van der Waals surface area contributed by atoms with Crippen molar-refractivity contribution < 1.29 is 17.9 Å². The number of carbonyl (C=O) groups is 1. The lowest BCUT2D eigenvalue weighted by Gasteiger charge is -2.30. The second-order valence-corrected chi connectivity index (χ2v) is 6.14. The van der Waals surface area contributed by atoms with Crippen molar-refractivity contribution in [3.05, 3.63) is 0 Å². The molecule has 0 aliphatic heterocycles. The van der Waals surface area contributed by atoms with Crippen LogP contribution < -0.4 is 4.72 Å². The van der Waals surface area contributed by atoms with Gasteiger partial charge in [-0.15, -0.1) is 0 Å². The van der Waals surface area contributed by atoms with Crippen LogP contribution in [0.15, 0.2) is 0 Å². The standard InChI is InChI=1S/C11H18N2O4S/c1-2-17-10(14)8-18(15,16)13-11(9-12)6-4-3-5-7-11/h13H,2-8H2,1H3. The molecule has 7 heteroatoms. The maximum absolute atomic E-state index is 11.8. The SMILES string of the molecule is CCOC(=O)CS(=O)(=O)NC1(C#N)CCCCC1. The summed E-state index contributed by atoms with van der Waals surface area (Å²) in [6, 6.07) is 2.04. The highest BCUT2D eigenvalue weighted by atomic mass is 32.2. The Labute approximate surface area is 107 Å². The molecule has 0 bridgehead atoms. The lowest BCUT2D eigenvalue weighted by atomic mass is 9.84. The van der Waals surface area contributed by atoms with Gasteiger partial charge in [0.15, 0.2) is 5.75 Å². The number of esters is 1. The van der Waals surface area contributed by atoms with Gasteiger partial charge < -0.3 is 4.74 Å². The third-order valence-electron chi connectivity index (χ3n) is 2.89. The largest absolute Gasteiger partial charge is 0.465 e. The number of nitrogens with zero attached hydrogens (tertiary/aromatic N) is 1. The first-order chi connectivity index (χ1) is 8.43. The lowest BCUT2D eigenvalue weighted by molar-refractivity contribution is -0.139. The summed E-state index contributed by atoms with van der Waals surface area (Å²) in [6.45, 7) is 1.74. The molecular weight excluding hydrogens is 256 g/mol. The first-order valence-electron chi connectivity index (χ1n) is 6.01. The Morgan fingerprint density at radius 1 is 1.39 bits per heavy atom. The first kappa shape index (κ1) is 14.9. The van der Waals surface area contributed by atoms with E-state index in [-0.39, 0.29) is 6.61 Å². The Morgan fingerprint density at radius 2 is 2.00 bits per heavy atom. The number of nitrogens with one attached hydrogen (secondary N) is 1. The van der Waals surface area contributed by atoms with E-state index >= 15 is 0 Å². The van der Waals surface area contributed by atoms with Crippen LogP contribution in [0.4, 0.5) is 0 Å². The predicted molar refractivity (Wildman–Crippen MR) is 65.0 cm³/mol. The average molecular weight is 274 g/mol. The highest BCUT2D eigenvalue weighted by Crippen LogP contribution is 2.28. The van der Waals surface area contributed by atoms with E-state index in [2.05, 4.69) is 9.46 Å². The molecule has 6 nitrogen and oxygen atoms in total. The molecule has 0 radical (unpaired) electrons. The minimum absolute atomic E-state index is 0.137. The molecule has 1 aliphatic carbocycles. The number of hydrogen-bond donors (Lipinski definition) is 1. The maximum Gasteiger partial charge on any atom is 0.322 e. The summed E-state index contributed by atoms with van der Waals surface area (Å²) in [5, 5.41) is 9.15. The van der Waals surface area contributed by atoms with Crippen molar-refractivity contribution in [2.24, 2.45) is 0 Å². The minimum Gasteiger partial charge on any atom is -0.465 e. The monoisotopic (exact) mass is 274 g/mol. The van der Waals surface area contributed by atoms with Crippen LogP contribution in [0.2, 0.25) is 0 Å². The first-order valence-corrected chi connectivity index (χ1v) is 7.67. The molecule has 0 aromatic heterocycles. The van der Waals surface area contributed by atoms with Crippen molar-refractivity contribution in [3.63, 3.8) is 0 Å². The molecule has 0 aromatic carbocycles. The van der Waals surface area contributed by atoms with Crippen molar-refractivity contribution in [2.75, 3.05) is 12.4 Å². The second-order valence-electron chi connectivity index (χ2n) is 4.42. The van der Waals surface area contributed by atoms with E-state index in [0.717, 1.165) is 19.3 Å². The molecule has 0 amide bonds. The van der Waals surface area contributed by atoms with Gasteiger partial charge in [-0.2, -0.15) is 9.98 Å². The van der Waals surface area contributed by atoms with Crippen LogP contribution in [0.3, 0.4) is 0 Å². The Kier molecular flexibility index (Phi) is 5.11. The number of carbonyl (C=O) groups excluding carboxylic acids is 1. The number of ether oxygens (including phenoxy) is 1. The van der Waals surface area contributed by atoms with E-state index in [4.69, 9.17) is 5.26 Å². The van der Waals surface area contributed by atoms with Gasteiger partial charge in [-0.05, 0) is 19.8 Å². The van der Waals surface area contributed by atoms with Crippen LogP contribution in [0.1, 0.15) is 39.0 Å². The molecule has 0 saturated heterocycles. The quantitative estimate of drug-likeness (QED) is 0.744. The van der Waals surface area contributed by atoms with Crippen molar-refractivity contribution in [2.45, 2.75) is 44.6 Å². The van der Waals surface area contributed by atoms with Crippen molar-refractivity contribution in [1.82, 2.24) is 4.72 Å². The van der Waals surface area contributed by atoms with Gasteiger partial charge in [0.1, 0.15) is 5.54 Å². The number of rotatable bonds is 5. The van der Waals surface area contributed by atoms with Gasteiger partial charge in [-0.3, -0.25) is 4.79 Å². The zero-order chi connectivity index (χ0) is 13.6. The smallest absolute Gasteiger partial charge is 0.322 e. The van der Waals surface area contributed by atoms with Crippen LogP contribution in [-0.4, -0.2) is 32.3 Å². The summed E-state index contributed by atoms with van der Waals surface area (Å²) in [5.41, 5.74) is -1.05.